The molecule has 0 aliphatic carbocycles. The summed E-state index contributed by atoms with van der Waals surface area (Å²) in [6, 6.07) is 16.5. The third-order valence-corrected chi connectivity index (χ3v) is 6.48. The van der Waals surface area contributed by atoms with Gasteiger partial charge in [0.1, 0.15) is 5.82 Å². The van der Waals surface area contributed by atoms with E-state index in [0.717, 1.165) is 21.3 Å². The van der Waals surface area contributed by atoms with Crippen molar-refractivity contribution in [1.29, 1.82) is 0 Å². The number of aromatic nitrogens is 3. The molecule has 2 heterocycles. The van der Waals surface area contributed by atoms with Gasteiger partial charge in [0.15, 0.2) is 5.16 Å². The number of rotatable bonds is 5. The van der Waals surface area contributed by atoms with Crippen LogP contribution in [-0.2, 0) is 4.79 Å². The summed E-state index contributed by atoms with van der Waals surface area (Å²) in [6.45, 7) is 3.90. The van der Waals surface area contributed by atoms with Crippen molar-refractivity contribution in [2.45, 2.75) is 19.0 Å². The number of amides is 1. The van der Waals surface area contributed by atoms with Crippen LogP contribution >= 0.6 is 27.7 Å². The van der Waals surface area contributed by atoms with E-state index in [1.54, 1.807) is 24.4 Å². The molecular formula is C23H19BrN4O2S. The monoisotopic (exact) mass is 494 g/mol. The van der Waals surface area contributed by atoms with Crippen molar-refractivity contribution in [3.8, 4) is 5.82 Å². The third-order valence-electron chi connectivity index (χ3n) is 4.65. The number of fused-ring (bicyclic) bond motifs is 1. The van der Waals surface area contributed by atoms with Crippen LogP contribution in [0.25, 0.3) is 16.7 Å². The van der Waals surface area contributed by atoms with Gasteiger partial charge in [0.25, 0.3) is 5.56 Å². The largest absolute Gasteiger partial charge is 0.325 e. The molecule has 6 nitrogen and oxygen atoms in total. The number of pyridine rings is 1. The Morgan fingerprint density at radius 2 is 1.94 bits per heavy atom. The lowest BCUT2D eigenvalue weighted by Gasteiger charge is -2.13. The van der Waals surface area contributed by atoms with Gasteiger partial charge in [-0.3, -0.25) is 9.59 Å². The fraction of sp³-hybridized carbons (Fsp3) is 0.130. The van der Waals surface area contributed by atoms with E-state index >= 15 is 0 Å². The Bertz CT molecular complexity index is 1350. The van der Waals surface area contributed by atoms with Gasteiger partial charge in [0.05, 0.1) is 16.7 Å². The molecule has 1 N–H and O–H groups in total. The van der Waals surface area contributed by atoms with Gasteiger partial charge < -0.3 is 5.32 Å². The Labute approximate surface area is 191 Å². The highest BCUT2D eigenvalue weighted by atomic mass is 79.9. The topological polar surface area (TPSA) is 76.9 Å². The first kappa shape index (κ1) is 21.3. The number of halogens is 1. The van der Waals surface area contributed by atoms with E-state index in [-0.39, 0.29) is 17.2 Å². The lowest BCUT2D eigenvalue weighted by Crippen LogP contribution is -2.23. The van der Waals surface area contributed by atoms with E-state index in [9.17, 15) is 9.59 Å². The molecule has 0 radical (unpaired) electrons. The summed E-state index contributed by atoms with van der Waals surface area (Å²) in [7, 11) is 0. The van der Waals surface area contributed by atoms with E-state index in [1.165, 1.54) is 16.3 Å². The molecule has 4 rings (SSSR count). The molecule has 0 atom stereocenters. The predicted octanol–water partition coefficient (Wildman–Crippen LogP) is 4.89. The maximum Gasteiger partial charge on any atom is 0.267 e. The number of aryl methyl sites for hydroxylation is 2. The zero-order valence-corrected chi connectivity index (χ0v) is 19.3. The first-order valence-corrected chi connectivity index (χ1v) is 11.3. The molecule has 0 aliphatic heterocycles. The second-order valence-electron chi connectivity index (χ2n) is 7.04. The number of nitrogens with zero attached hydrogens (tertiary/aromatic N) is 3. The Morgan fingerprint density at radius 1 is 1.13 bits per heavy atom. The van der Waals surface area contributed by atoms with Crippen molar-refractivity contribution in [1.82, 2.24) is 14.5 Å². The maximum atomic E-state index is 13.2. The van der Waals surface area contributed by atoms with Crippen molar-refractivity contribution in [3.63, 3.8) is 0 Å². The zero-order chi connectivity index (χ0) is 22.0. The smallest absolute Gasteiger partial charge is 0.267 e. The highest BCUT2D eigenvalue weighted by Gasteiger charge is 2.16. The molecule has 0 saturated heterocycles. The van der Waals surface area contributed by atoms with E-state index in [0.29, 0.717) is 21.9 Å². The molecule has 2 aromatic carbocycles. The molecule has 8 heteroatoms. The summed E-state index contributed by atoms with van der Waals surface area (Å²) in [5, 5.41) is 3.81. The number of thioether (sulfide) groups is 1. The van der Waals surface area contributed by atoms with Crippen LogP contribution in [0.5, 0.6) is 0 Å². The van der Waals surface area contributed by atoms with E-state index in [4.69, 9.17) is 0 Å². The van der Waals surface area contributed by atoms with E-state index < -0.39 is 0 Å². The van der Waals surface area contributed by atoms with E-state index in [2.05, 4.69) is 31.2 Å². The van der Waals surface area contributed by atoms with Crippen molar-refractivity contribution < 1.29 is 4.79 Å². The van der Waals surface area contributed by atoms with E-state index in [1.807, 2.05) is 50.2 Å². The highest BCUT2D eigenvalue weighted by Crippen LogP contribution is 2.23. The van der Waals surface area contributed by atoms with Crippen LogP contribution in [0, 0.1) is 13.8 Å². The molecule has 1 amide bonds. The molecule has 0 aliphatic rings. The average molecular weight is 495 g/mol. The Kier molecular flexibility index (Phi) is 6.20. The lowest BCUT2D eigenvalue weighted by atomic mass is 10.2. The number of nitrogens with one attached hydrogen (secondary N) is 1. The zero-order valence-electron chi connectivity index (χ0n) is 16.9. The second kappa shape index (κ2) is 9.03. The first-order valence-electron chi connectivity index (χ1n) is 9.56. The average Bonchev–Trinajstić information content (AvgIpc) is 2.75. The summed E-state index contributed by atoms with van der Waals surface area (Å²) in [6.07, 6.45) is 1.66. The summed E-state index contributed by atoms with van der Waals surface area (Å²) < 4.78 is 2.45. The Morgan fingerprint density at radius 3 is 2.71 bits per heavy atom. The molecule has 156 valence electrons. The number of hydrogen-bond acceptors (Lipinski definition) is 5. The van der Waals surface area contributed by atoms with Crippen molar-refractivity contribution in [3.05, 3.63) is 86.7 Å². The van der Waals surface area contributed by atoms with Crippen LogP contribution in [0.3, 0.4) is 0 Å². The highest BCUT2D eigenvalue weighted by molar-refractivity contribution is 9.10. The molecule has 0 spiro atoms. The molecule has 31 heavy (non-hydrogen) atoms. The number of anilines is 1. The number of hydrogen-bond donors (Lipinski definition) is 1. The van der Waals surface area contributed by atoms with Gasteiger partial charge >= 0.3 is 0 Å². The van der Waals surface area contributed by atoms with Crippen LogP contribution in [0.4, 0.5) is 5.69 Å². The van der Waals surface area contributed by atoms with Crippen LogP contribution in [0.15, 0.2) is 75.2 Å². The lowest BCUT2D eigenvalue weighted by molar-refractivity contribution is -0.113. The molecule has 0 fully saturated rings. The molecule has 2 aromatic heterocycles. The minimum atomic E-state index is -0.213. The minimum absolute atomic E-state index is 0.103. The fourth-order valence-electron chi connectivity index (χ4n) is 3.10. The summed E-state index contributed by atoms with van der Waals surface area (Å²) in [4.78, 5) is 34.8. The molecule has 0 unspecified atom stereocenters. The second-order valence-corrected chi connectivity index (χ2v) is 8.84. The van der Waals surface area contributed by atoms with Gasteiger partial charge in [0, 0.05) is 16.4 Å². The number of benzene rings is 2. The summed E-state index contributed by atoms with van der Waals surface area (Å²) in [5.74, 6) is 0.402. The van der Waals surface area contributed by atoms with Crippen LogP contribution in [-0.4, -0.2) is 26.2 Å². The van der Waals surface area contributed by atoms with Gasteiger partial charge in [0.2, 0.25) is 5.91 Å². The van der Waals surface area contributed by atoms with Crippen LogP contribution in [0.1, 0.15) is 11.1 Å². The predicted molar refractivity (Wildman–Crippen MR) is 128 cm³/mol. The molecule has 4 aromatic rings. The number of carbonyl (C=O) groups is 1. The van der Waals surface area contributed by atoms with Crippen LogP contribution in [0.2, 0.25) is 0 Å². The number of carbonyl (C=O) groups excluding carboxylic acids is 1. The quantitative estimate of drug-likeness (QED) is 0.315. The minimum Gasteiger partial charge on any atom is -0.325 e. The third kappa shape index (κ3) is 4.70. The molecule has 0 bridgehead atoms. The van der Waals surface area contributed by atoms with Gasteiger partial charge in [-0.2, -0.15) is 0 Å². The van der Waals surface area contributed by atoms with Gasteiger partial charge in [-0.1, -0.05) is 39.8 Å². The molecular weight excluding hydrogens is 476 g/mol. The van der Waals surface area contributed by atoms with Crippen LogP contribution < -0.4 is 10.9 Å². The first-order chi connectivity index (χ1) is 14.9. The molecule has 0 saturated carbocycles. The van der Waals surface area contributed by atoms with Crippen molar-refractivity contribution in [2.24, 2.45) is 0 Å². The maximum absolute atomic E-state index is 13.2. The van der Waals surface area contributed by atoms with Crippen molar-refractivity contribution in [2.75, 3.05) is 11.1 Å². The fourth-order valence-corrected chi connectivity index (χ4v) is 4.15. The number of para-hydroxylation sites is 1. The Hall–Kier alpha value is -2.97. The normalized spacial score (nSPS) is 10.9. The summed E-state index contributed by atoms with van der Waals surface area (Å²) in [5.41, 5.74) is 3.10. The van der Waals surface area contributed by atoms with Gasteiger partial charge in [-0.05, 0) is 67.4 Å². The van der Waals surface area contributed by atoms with Gasteiger partial charge in [-0.15, -0.1) is 0 Å². The Balaban J connectivity index is 1.66. The SMILES string of the molecule is Cc1ccnc(-n2c(SCC(=O)Nc3ccc(Br)c(C)c3)nc3ccccc3c2=O)c1. The standard InChI is InChI=1S/C23H19BrN4O2S/c1-14-9-10-25-20(11-14)28-22(30)17-5-3-4-6-19(17)27-23(28)31-13-21(29)26-16-7-8-18(24)15(2)12-16/h3-12H,13H2,1-2H3,(H,26,29). The van der Waals surface area contributed by atoms with Gasteiger partial charge in [-0.25, -0.2) is 14.5 Å². The summed E-state index contributed by atoms with van der Waals surface area (Å²) >= 11 is 4.66. The van der Waals surface area contributed by atoms with Crippen molar-refractivity contribution >= 4 is 50.2 Å².